The van der Waals surface area contributed by atoms with Crippen LogP contribution in [-0.2, 0) is 17.8 Å². The van der Waals surface area contributed by atoms with Gasteiger partial charge in [0, 0.05) is 32.7 Å². The predicted octanol–water partition coefficient (Wildman–Crippen LogP) is 3.40. The van der Waals surface area contributed by atoms with E-state index in [1.54, 1.807) is 0 Å². The lowest BCUT2D eigenvalue weighted by Gasteiger charge is -2.31. The lowest BCUT2D eigenvalue weighted by atomic mass is 10.1. The average molecular weight is 425 g/mol. The van der Waals surface area contributed by atoms with Gasteiger partial charge in [-0.05, 0) is 29.8 Å². The van der Waals surface area contributed by atoms with Crippen LogP contribution in [0, 0.1) is 0 Å². The molecule has 1 saturated heterocycles. The number of nitrogens with zero attached hydrogens (tertiary/aromatic N) is 2. The van der Waals surface area contributed by atoms with Gasteiger partial charge in [-0.3, -0.25) is 9.80 Å². The quantitative estimate of drug-likeness (QED) is 0.614. The monoisotopic (exact) mass is 424 g/mol. The maximum Gasteiger partial charge on any atom is 0.315 e. The fourth-order valence-electron chi connectivity index (χ4n) is 3.90. The zero-order valence-electron chi connectivity index (χ0n) is 18.8. The molecule has 1 heterocycles. The molecule has 1 aliphatic heterocycles. The first-order valence-corrected chi connectivity index (χ1v) is 11.4. The Morgan fingerprint density at radius 3 is 2.45 bits per heavy atom. The van der Waals surface area contributed by atoms with Crippen molar-refractivity contribution in [3.8, 4) is 0 Å². The summed E-state index contributed by atoms with van der Waals surface area (Å²) in [5.74, 6) is 0. The zero-order valence-corrected chi connectivity index (χ0v) is 18.8. The first-order chi connectivity index (χ1) is 15.2. The number of urea groups is 1. The third kappa shape index (κ3) is 7.65. The molecule has 1 unspecified atom stereocenters. The number of amides is 2. The number of morpholine rings is 1. The van der Waals surface area contributed by atoms with Gasteiger partial charge in [-0.15, -0.1) is 0 Å². The van der Waals surface area contributed by atoms with Gasteiger partial charge in [0.05, 0.1) is 19.3 Å². The average Bonchev–Trinajstić information content (AvgIpc) is 2.82. The number of hydrogen-bond acceptors (Lipinski definition) is 4. The molecule has 1 aliphatic rings. The smallest absolute Gasteiger partial charge is 0.315 e. The van der Waals surface area contributed by atoms with Crippen LogP contribution in [0.5, 0.6) is 0 Å². The lowest BCUT2D eigenvalue weighted by Crippen LogP contribution is -2.45. The van der Waals surface area contributed by atoms with Crippen molar-refractivity contribution in [3.63, 3.8) is 0 Å². The fraction of sp³-hybridized carbons (Fsp3) is 0.480. The van der Waals surface area contributed by atoms with Gasteiger partial charge in [-0.25, -0.2) is 4.79 Å². The highest BCUT2D eigenvalue weighted by atomic mass is 16.5. The highest BCUT2D eigenvalue weighted by Gasteiger charge is 2.20. The Morgan fingerprint density at radius 2 is 1.74 bits per heavy atom. The van der Waals surface area contributed by atoms with Crippen LogP contribution in [0.3, 0.4) is 0 Å². The van der Waals surface area contributed by atoms with Crippen molar-refractivity contribution in [1.82, 2.24) is 20.4 Å². The topological polar surface area (TPSA) is 56.8 Å². The van der Waals surface area contributed by atoms with E-state index in [-0.39, 0.29) is 12.1 Å². The summed E-state index contributed by atoms with van der Waals surface area (Å²) in [7, 11) is 0. The van der Waals surface area contributed by atoms with Crippen molar-refractivity contribution in [3.05, 3.63) is 71.3 Å². The van der Waals surface area contributed by atoms with E-state index in [9.17, 15) is 4.79 Å². The molecule has 2 aromatic carbocycles. The summed E-state index contributed by atoms with van der Waals surface area (Å²) in [6.07, 6.45) is 0. The standard InChI is InChI=1S/C25H36N4O2/c1-3-28(4-2)19-22-10-8-9-21(17-22)18-26-25(30)27-24(23-11-6-5-7-12-23)20-29-13-15-31-16-14-29/h5-12,17,24H,3-4,13-16,18-20H2,1-2H3,(H2,26,27,30). The van der Waals surface area contributed by atoms with E-state index in [1.807, 2.05) is 18.2 Å². The molecule has 2 amide bonds. The van der Waals surface area contributed by atoms with E-state index in [4.69, 9.17) is 4.74 Å². The largest absolute Gasteiger partial charge is 0.379 e. The molecule has 1 atom stereocenters. The van der Waals surface area contributed by atoms with Gasteiger partial charge in [0.1, 0.15) is 0 Å². The molecule has 3 rings (SSSR count). The van der Waals surface area contributed by atoms with Gasteiger partial charge >= 0.3 is 6.03 Å². The van der Waals surface area contributed by atoms with E-state index in [1.165, 1.54) is 5.56 Å². The summed E-state index contributed by atoms with van der Waals surface area (Å²) < 4.78 is 5.46. The minimum absolute atomic E-state index is 0.0618. The van der Waals surface area contributed by atoms with Crippen molar-refractivity contribution >= 4 is 6.03 Å². The summed E-state index contributed by atoms with van der Waals surface area (Å²) in [5, 5.41) is 6.21. The molecule has 2 aromatic rings. The molecular formula is C25H36N4O2. The summed E-state index contributed by atoms with van der Waals surface area (Å²) in [5.41, 5.74) is 3.51. The molecule has 0 saturated carbocycles. The van der Waals surface area contributed by atoms with Crippen LogP contribution in [0.4, 0.5) is 4.79 Å². The van der Waals surface area contributed by atoms with Crippen LogP contribution in [0.2, 0.25) is 0 Å². The van der Waals surface area contributed by atoms with Crippen LogP contribution in [0.25, 0.3) is 0 Å². The Labute approximate surface area is 186 Å². The van der Waals surface area contributed by atoms with Gasteiger partial charge in [0.2, 0.25) is 0 Å². The minimum atomic E-state index is -0.142. The van der Waals surface area contributed by atoms with Crippen molar-refractivity contribution in [2.45, 2.75) is 33.0 Å². The second-order valence-corrected chi connectivity index (χ2v) is 7.98. The third-order valence-corrected chi connectivity index (χ3v) is 5.80. The minimum Gasteiger partial charge on any atom is -0.379 e. The molecule has 0 aromatic heterocycles. The summed E-state index contributed by atoms with van der Waals surface area (Å²) >= 11 is 0. The number of benzene rings is 2. The Morgan fingerprint density at radius 1 is 1.03 bits per heavy atom. The number of hydrogen-bond donors (Lipinski definition) is 2. The molecule has 1 fully saturated rings. The molecule has 0 bridgehead atoms. The van der Waals surface area contributed by atoms with Gasteiger partial charge in [0.25, 0.3) is 0 Å². The van der Waals surface area contributed by atoms with E-state index >= 15 is 0 Å². The van der Waals surface area contributed by atoms with Gasteiger partial charge in [-0.1, -0.05) is 68.4 Å². The molecule has 0 aliphatic carbocycles. The zero-order chi connectivity index (χ0) is 21.9. The van der Waals surface area contributed by atoms with E-state index in [2.05, 4.69) is 70.7 Å². The summed E-state index contributed by atoms with van der Waals surface area (Å²) in [6.45, 7) is 11.9. The summed E-state index contributed by atoms with van der Waals surface area (Å²) in [6, 6.07) is 18.4. The molecule has 0 radical (unpaired) electrons. The Balaban J connectivity index is 1.57. The van der Waals surface area contributed by atoms with Gasteiger partial charge < -0.3 is 15.4 Å². The lowest BCUT2D eigenvalue weighted by molar-refractivity contribution is 0.0340. The Kier molecular flexibility index (Phi) is 9.34. The third-order valence-electron chi connectivity index (χ3n) is 5.80. The van der Waals surface area contributed by atoms with Crippen LogP contribution in [0.1, 0.15) is 36.6 Å². The van der Waals surface area contributed by atoms with E-state index < -0.39 is 0 Å². The highest BCUT2D eigenvalue weighted by molar-refractivity contribution is 5.74. The SMILES string of the molecule is CCN(CC)Cc1cccc(CNC(=O)NC(CN2CCOCC2)c2ccccc2)c1. The fourth-order valence-corrected chi connectivity index (χ4v) is 3.90. The van der Waals surface area contributed by atoms with Gasteiger partial charge in [0.15, 0.2) is 0 Å². The first-order valence-electron chi connectivity index (χ1n) is 11.4. The Hall–Kier alpha value is -2.41. The van der Waals surface area contributed by atoms with Crippen molar-refractivity contribution in [2.24, 2.45) is 0 Å². The molecule has 6 nitrogen and oxygen atoms in total. The molecule has 168 valence electrons. The number of carbonyl (C=O) groups is 1. The van der Waals surface area contributed by atoms with Gasteiger partial charge in [-0.2, -0.15) is 0 Å². The van der Waals surface area contributed by atoms with Crippen LogP contribution in [-0.4, -0.2) is 61.8 Å². The number of rotatable bonds is 10. The highest BCUT2D eigenvalue weighted by Crippen LogP contribution is 2.15. The number of ether oxygens (including phenoxy) is 1. The molecule has 0 spiro atoms. The maximum absolute atomic E-state index is 12.7. The van der Waals surface area contributed by atoms with Crippen LogP contribution in [0.15, 0.2) is 54.6 Å². The molecule has 6 heteroatoms. The van der Waals surface area contributed by atoms with E-state index in [0.29, 0.717) is 6.54 Å². The van der Waals surface area contributed by atoms with E-state index in [0.717, 1.165) is 63.6 Å². The van der Waals surface area contributed by atoms with Crippen LogP contribution >= 0.6 is 0 Å². The maximum atomic E-state index is 12.7. The molecule has 2 N–H and O–H groups in total. The van der Waals surface area contributed by atoms with Crippen molar-refractivity contribution in [1.29, 1.82) is 0 Å². The Bertz CT molecular complexity index is 789. The van der Waals surface area contributed by atoms with Crippen LogP contribution < -0.4 is 10.6 Å². The molecular weight excluding hydrogens is 388 g/mol. The first kappa shape index (κ1) is 23.3. The second-order valence-electron chi connectivity index (χ2n) is 7.98. The number of carbonyl (C=O) groups excluding carboxylic acids is 1. The van der Waals surface area contributed by atoms with Crippen molar-refractivity contribution in [2.75, 3.05) is 45.9 Å². The number of nitrogens with one attached hydrogen (secondary N) is 2. The second kappa shape index (κ2) is 12.4. The normalized spacial score (nSPS) is 15.6. The predicted molar refractivity (Wildman–Crippen MR) is 125 cm³/mol. The summed E-state index contributed by atoms with van der Waals surface area (Å²) in [4.78, 5) is 17.5. The molecule has 31 heavy (non-hydrogen) atoms. The van der Waals surface area contributed by atoms with Crippen molar-refractivity contribution < 1.29 is 9.53 Å².